The maximum Gasteiger partial charge on any atom is 0.416 e. The highest BCUT2D eigenvalue weighted by Crippen LogP contribution is 2.38. The molecule has 0 spiro atoms. The molecule has 0 heterocycles. The van der Waals surface area contributed by atoms with Gasteiger partial charge in [0, 0.05) is 12.5 Å². The summed E-state index contributed by atoms with van der Waals surface area (Å²) in [7, 11) is -0.473. The second-order valence-electron chi connectivity index (χ2n) is 5.24. The van der Waals surface area contributed by atoms with E-state index in [-0.39, 0.29) is 0 Å². The standard InChI is InChI=1S/C19H16F3S/c20-19(21,22)15-8-7-13-18(14-15)23(16-9-3-1-4-10-16)17-11-5-2-6-12-17/h1-6,8-12,14H,7,13H2/q+1. The summed E-state index contributed by atoms with van der Waals surface area (Å²) in [5.41, 5.74) is -0.525. The summed E-state index contributed by atoms with van der Waals surface area (Å²) in [5, 5.41) is 0. The van der Waals surface area contributed by atoms with E-state index in [2.05, 4.69) is 0 Å². The molecule has 4 heteroatoms. The summed E-state index contributed by atoms with van der Waals surface area (Å²) in [6.07, 6.45) is -0.558. The highest BCUT2D eigenvalue weighted by molar-refractivity contribution is 8.00. The highest BCUT2D eigenvalue weighted by atomic mass is 32.2. The topological polar surface area (TPSA) is 0 Å². The average Bonchev–Trinajstić information content (AvgIpc) is 2.57. The van der Waals surface area contributed by atoms with Gasteiger partial charge in [-0.05, 0) is 30.7 Å². The normalized spacial score (nSPS) is 15.3. The molecule has 0 nitrogen and oxygen atoms in total. The maximum absolute atomic E-state index is 13.1. The van der Waals surface area contributed by atoms with Crippen molar-refractivity contribution >= 4 is 10.9 Å². The molecule has 23 heavy (non-hydrogen) atoms. The maximum atomic E-state index is 13.1. The van der Waals surface area contributed by atoms with Crippen LogP contribution in [0.2, 0.25) is 0 Å². The van der Waals surface area contributed by atoms with Crippen LogP contribution in [0.4, 0.5) is 13.2 Å². The van der Waals surface area contributed by atoms with Crippen LogP contribution in [0.1, 0.15) is 12.8 Å². The molecule has 0 saturated carbocycles. The molecule has 0 radical (unpaired) electrons. The van der Waals surface area contributed by atoms with Crippen LogP contribution in [0.15, 0.2) is 93.1 Å². The lowest BCUT2D eigenvalue weighted by Crippen LogP contribution is -2.16. The van der Waals surface area contributed by atoms with Crippen LogP contribution < -0.4 is 0 Å². The minimum atomic E-state index is -4.28. The van der Waals surface area contributed by atoms with E-state index in [1.54, 1.807) is 0 Å². The van der Waals surface area contributed by atoms with Gasteiger partial charge in [0.15, 0.2) is 9.79 Å². The molecule has 1 aliphatic rings. The summed E-state index contributed by atoms with van der Waals surface area (Å²) in [4.78, 5) is 2.94. The molecule has 0 unspecified atom stereocenters. The van der Waals surface area contributed by atoms with Crippen LogP contribution >= 0.6 is 0 Å². The molecule has 2 aromatic rings. The van der Waals surface area contributed by atoms with E-state index >= 15 is 0 Å². The van der Waals surface area contributed by atoms with Gasteiger partial charge in [-0.3, -0.25) is 0 Å². The first kappa shape index (κ1) is 15.9. The minimum absolute atomic E-state index is 0.434. The van der Waals surface area contributed by atoms with E-state index in [0.29, 0.717) is 12.8 Å². The summed E-state index contributed by atoms with van der Waals surface area (Å²) in [5.74, 6) is 0. The van der Waals surface area contributed by atoms with Gasteiger partial charge in [-0.25, -0.2) is 0 Å². The third kappa shape index (κ3) is 3.70. The van der Waals surface area contributed by atoms with E-state index in [1.807, 2.05) is 60.7 Å². The summed E-state index contributed by atoms with van der Waals surface area (Å²) in [6, 6.07) is 19.5. The van der Waals surface area contributed by atoms with Crippen molar-refractivity contribution in [3.8, 4) is 0 Å². The molecule has 0 atom stereocenters. The van der Waals surface area contributed by atoms with Gasteiger partial charge in [0.25, 0.3) is 0 Å². The number of hydrogen-bond acceptors (Lipinski definition) is 0. The first-order valence-electron chi connectivity index (χ1n) is 7.38. The fourth-order valence-electron chi connectivity index (χ4n) is 2.58. The zero-order valence-electron chi connectivity index (χ0n) is 12.4. The van der Waals surface area contributed by atoms with E-state index in [9.17, 15) is 13.2 Å². The van der Waals surface area contributed by atoms with E-state index < -0.39 is 22.6 Å². The van der Waals surface area contributed by atoms with E-state index in [0.717, 1.165) is 14.7 Å². The SMILES string of the molecule is FC(F)(F)C1=CCCC([S+](c2ccccc2)c2ccccc2)=C1. The Hall–Kier alpha value is -1.94. The molecule has 0 aliphatic heterocycles. The Morgan fingerprint density at radius 2 is 1.30 bits per heavy atom. The molecule has 0 saturated heterocycles. The van der Waals surface area contributed by atoms with Crippen LogP contribution in [0.5, 0.6) is 0 Å². The quantitative estimate of drug-likeness (QED) is 0.614. The van der Waals surface area contributed by atoms with Crippen molar-refractivity contribution in [3.05, 3.63) is 83.3 Å². The van der Waals surface area contributed by atoms with Crippen molar-refractivity contribution in [3.63, 3.8) is 0 Å². The second kappa shape index (κ2) is 6.67. The van der Waals surface area contributed by atoms with Crippen molar-refractivity contribution in [2.45, 2.75) is 28.8 Å². The Balaban J connectivity index is 2.06. The van der Waals surface area contributed by atoms with Gasteiger partial charge in [-0.15, -0.1) is 0 Å². The largest absolute Gasteiger partial charge is 0.416 e. The van der Waals surface area contributed by atoms with Crippen LogP contribution in [-0.2, 0) is 10.9 Å². The molecule has 3 rings (SSSR count). The Labute approximate surface area is 136 Å². The molecule has 0 N–H and O–H groups in total. The fraction of sp³-hybridized carbons (Fsp3) is 0.158. The van der Waals surface area contributed by atoms with Gasteiger partial charge in [0.2, 0.25) is 0 Å². The monoisotopic (exact) mass is 333 g/mol. The predicted octanol–water partition coefficient (Wildman–Crippen LogP) is 5.89. The number of benzene rings is 2. The first-order valence-corrected chi connectivity index (χ1v) is 8.60. The van der Waals surface area contributed by atoms with E-state index in [4.69, 9.17) is 0 Å². The molecular formula is C19H16F3S+. The van der Waals surface area contributed by atoms with Gasteiger partial charge >= 0.3 is 6.18 Å². The Kier molecular flexibility index (Phi) is 4.62. The smallest absolute Gasteiger partial charge is 0.166 e. The van der Waals surface area contributed by atoms with Crippen molar-refractivity contribution in [2.75, 3.05) is 0 Å². The predicted molar refractivity (Wildman–Crippen MR) is 88.2 cm³/mol. The van der Waals surface area contributed by atoms with Gasteiger partial charge in [0.1, 0.15) is 4.91 Å². The van der Waals surface area contributed by atoms with E-state index in [1.165, 1.54) is 12.2 Å². The zero-order chi connectivity index (χ0) is 16.3. The molecule has 0 aromatic heterocycles. The molecule has 0 fully saturated rings. The number of rotatable bonds is 3. The summed E-state index contributed by atoms with van der Waals surface area (Å²) < 4.78 is 39.2. The Morgan fingerprint density at radius 3 is 1.78 bits per heavy atom. The second-order valence-corrected chi connectivity index (χ2v) is 7.32. The summed E-state index contributed by atoms with van der Waals surface area (Å²) >= 11 is 0. The third-order valence-corrected chi connectivity index (χ3v) is 5.95. The average molecular weight is 333 g/mol. The molecule has 2 aromatic carbocycles. The van der Waals surface area contributed by atoms with Crippen molar-refractivity contribution in [2.24, 2.45) is 0 Å². The molecule has 0 amide bonds. The van der Waals surface area contributed by atoms with Crippen LogP contribution in [0.25, 0.3) is 0 Å². The van der Waals surface area contributed by atoms with Crippen molar-refractivity contribution < 1.29 is 13.2 Å². The minimum Gasteiger partial charge on any atom is -0.166 e. The Bertz CT molecular complexity index is 676. The Morgan fingerprint density at radius 1 is 0.783 bits per heavy atom. The van der Waals surface area contributed by atoms with Crippen molar-refractivity contribution in [1.29, 1.82) is 0 Å². The summed E-state index contributed by atoms with van der Waals surface area (Å²) in [6.45, 7) is 0. The first-order chi connectivity index (χ1) is 11.1. The van der Waals surface area contributed by atoms with Gasteiger partial charge in [-0.2, -0.15) is 13.2 Å². The van der Waals surface area contributed by atoms with Gasteiger partial charge in [0.05, 0.1) is 16.5 Å². The molecule has 118 valence electrons. The molecular weight excluding hydrogens is 317 g/mol. The van der Waals surface area contributed by atoms with Gasteiger partial charge < -0.3 is 0 Å². The lowest BCUT2D eigenvalue weighted by Gasteiger charge is -2.16. The number of hydrogen-bond donors (Lipinski definition) is 0. The molecule has 0 bridgehead atoms. The van der Waals surface area contributed by atoms with Crippen molar-refractivity contribution in [1.82, 2.24) is 0 Å². The van der Waals surface area contributed by atoms with Crippen LogP contribution in [0.3, 0.4) is 0 Å². The lowest BCUT2D eigenvalue weighted by molar-refractivity contribution is -0.0886. The van der Waals surface area contributed by atoms with Crippen LogP contribution in [-0.4, -0.2) is 6.18 Å². The number of alkyl halides is 3. The van der Waals surface area contributed by atoms with Crippen LogP contribution in [0, 0.1) is 0 Å². The number of halogens is 3. The van der Waals surface area contributed by atoms with Gasteiger partial charge in [-0.1, -0.05) is 42.5 Å². The zero-order valence-corrected chi connectivity index (χ0v) is 13.2. The number of allylic oxidation sites excluding steroid dienone is 4. The third-order valence-electron chi connectivity index (χ3n) is 3.62. The highest BCUT2D eigenvalue weighted by Gasteiger charge is 2.38. The molecule has 1 aliphatic carbocycles. The lowest BCUT2D eigenvalue weighted by atomic mass is 10.1. The fourth-order valence-corrected chi connectivity index (χ4v) is 4.89.